The van der Waals surface area contributed by atoms with Gasteiger partial charge >= 0.3 is 0 Å². The van der Waals surface area contributed by atoms with Gasteiger partial charge in [0, 0.05) is 38.3 Å². The molecule has 3 rings (SSSR count). The molecule has 0 bridgehead atoms. The topological polar surface area (TPSA) is 68.5 Å². The van der Waals surface area contributed by atoms with E-state index in [2.05, 4.69) is 52.3 Å². The number of ether oxygens (including phenoxy) is 2. The van der Waals surface area contributed by atoms with Crippen LogP contribution >= 0.6 is 12.4 Å². The summed E-state index contributed by atoms with van der Waals surface area (Å²) in [6, 6.07) is 5.93. The molecule has 1 aliphatic heterocycles. The van der Waals surface area contributed by atoms with Gasteiger partial charge in [0.15, 0.2) is 17.3 Å². The second-order valence-corrected chi connectivity index (χ2v) is 7.77. The SMILES string of the molecule is COc1cccc(C(c2nnnn2CCC(C)C)N2CCN(C)CC2)c1OC.Cl. The Labute approximate surface area is 179 Å². The first-order valence-electron chi connectivity index (χ1n) is 9.94. The Bertz CT molecular complexity index is 761. The van der Waals surface area contributed by atoms with Gasteiger partial charge in [-0.25, -0.2) is 4.68 Å². The molecule has 0 N–H and O–H groups in total. The highest BCUT2D eigenvalue weighted by atomic mass is 35.5. The minimum Gasteiger partial charge on any atom is -0.493 e. The Balaban J connectivity index is 0.00000300. The predicted molar refractivity (Wildman–Crippen MR) is 115 cm³/mol. The smallest absolute Gasteiger partial charge is 0.173 e. The molecule has 8 nitrogen and oxygen atoms in total. The third kappa shape index (κ3) is 5.38. The molecule has 9 heteroatoms. The lowest BCUT2D eigenvalue weighted by molar-refractivity contribution is 0.119. The third-order valence-electron chi connectivity index (χ3n) is 5.35. The highest BCUT2D eigenvalue weighted by Crippen LogP contribution is 2.39. The van der Waals surface area contributed by atoms with Crippen LogP contribution in [0.15, 0.2) is 18.2 Å². The lowest BCUT2D eigenvalue weighted by Crippen LogP contribution is -2.46. The molecule has 0 aliphatic carbocycles. The molecule has 1 aromatic heterocycles. The van der Waals surface area contributed by atoms with Crippen molar-refractivity contribution < 1.29 is 9.47 Å². The van der Waals surface area contributed by atoms with Crippen molar-refractivity contribution in [2.24, 2.45) is 5.92 Å². The maximum Gasteiger partial charge on any atom is 0.173 e. The van der Waals surface area contributed by atoms with Gasteiger partial charge in [-0.15, -0.1) is 17.5 Å². The van der Waals surface area contributed by atoms with Crippen LogP contribution in [-0.4, -0.2) is 77.5 Å². The van der Waals surface area contributed by atoms with Crippen LogP contribution in [0.2, 0.25) is 0 Å². The van der Waals surface area contributed by atoms with Crippen molar-refractivity contribution in [1.82, 2.24) is 30.0 Å². The van der Waals surface area contributed by atoms with Crippen LogP contribution in [0.3, 0.4) is 0 Å². The zero-order valence-electron chi connectivity index (χ0n) is 18.0. The van der Waals surface area contributed by atoms with Gasteiger partial charge in [0.1, 0.15) is 6.04 Å². The molecule has 162 valence electrons. The first-order valence-corrected chi connectivity index (χ1v) is 9.94. The molecule has 0 saturated carbocycles. The average molecular weight is 425 g/mol. The van der Waals surface area contributed by atoms with E-state index in [1.165, 1.54) is 0 Å². The summed E-state index contributed by atoms with van der Waals surface area (Å²) in [7, 11) is 5.51. The number of benzene rings is 1. The molecule has 1 aliphatic rings. The molecule has 2 aromatic rings. The van der Waals surface area contributed by atoms with Crippen molar-refractivity contribution in [1.29, 1.82) is 0 Å². The summed E-state index contributed by atoms with van der Waals surface area (Å²) >= 11 is 0. The van der Waals surface area contributed by atoms with Gasteiger partial charge in [-0.3, -0.25) is 4.90 Å². The third-order valence-corrected chi connectivity index (χ3v) is 5.35. The van der Waals surface area contributed by atoms with Crippen LogP contribution in [0.1, 0.15) is 37.7 Å². The minimum absolute atomic E-state index is 0. The molecular formula is C20H33ClN6O2. The number of halogens is 1. The zero-order valence-corrected chi connectivity index (χ0v) is 18.9. The fraction of sp³-hybridized carbons (Fsp3) is 0.650. The van der Waals surface area contributed by atoms with Crippen molar-refractivity contribution in [3.8, 4) is 11.5 Å². The Morgan fingerprint density at radius 3 is 2.41 bits per heavy atom. The maximum atomic E-state index is 5.76. The molecule has 0 amide bonds. The van der Waals surface area contributed by atoms with Crippen LogP contribution in [0, 0.1) is 5.92 Å². The van der Waals surface area contributed by atoms with Crippen LogP contribution < -0.4 is 9.47 Å². The van der Waals surface area contributed by atoms with E-state index in [9.17, 15) is 0 Å². The van der Waals surface area contributed by atoms with E-state index in [-0.39, 0.29) is 18.4 Å². The fourth-order valence-corrected chi connectivity index (χ4v) is 3.65. The molecule has 1 unspecified atom stereocenters. The van der Waals surface area contributed by atoms with Crippen molar-refractivity contribution >= 4 is 12.4 Å². The molecule has 1 aromatic carbocycles. The molecule has 1 atom stereocenters. The standard InChI is InChI=1S/C20H32N6O2.ClH/c1-15(2)9-10-26-20(21-22-23-26)18(25-13-11-24(3)12-14-25)16-7-6-8-17(27-4)19(16)28-5;/h6-8,15,18H,9-14H2,1-5H3;1H. The number of rotatable bonds is 8. The summed E-state index contributed by atoms with van der Waals surface area (Å²) in [6.07, 6.45) is 1.03. The normalized spacial score (nSPS) is 16.5. The van der Waals surface area contributed by atoms with Crippen molar-refractivity contribution in [2.45, 2.75) is 32.9 Å². The number of aryl methyl sites for hydroxylation is 1. The Hall–Kier alpha value is -1.90. The molecule has 0 radical (unpaired) electrons. The highest BCUT2D eigenvalue weighted by Gasteiger charge is 2.32. The van der Waals surface area contributed by atoms with Crippen LogP contribution in [0.4, 0.5) is 0 Å². The molecular weight excluding hydrogens is 392 g/mol. The average Bonchev–Trinajstić information content (AvgIpc) is 3.16. The Kier molecular flexibility index (Phi) is 8.67. The second-order valence-electron chi connectivity index (χ2n) is 7.77. The molecule has 2 heterocycles. The first kappa shape index (κ1) is 23.4. The number of aromatic nitrogens is 4. The molecule has 1 fully saturated rings. The molecule has 29 heavy (non-hydrogen) atoms. The van der Waals surface area contributed by atoms with E-state index in [0.717, 1.165) is 62.0 Å². The van der Waals surface area contributed by atoms with Crippen molar-refractivity contribution in [2.75, 3.05) is 47.4 Å². The van der Waals surface area contributed by atoms with E-state index in [1.54, 1.807) is 14.2 Å². The van der Waals surface area contributed by atoms with E-state index in [0.29, 0.717) is 5.92 Å². The van der Waals surface area contributed by atoms with Crippen LogP contribution in [0.25, 0.3) is 0 Å². The van der Waals surface area contributed by atoms with E-state index < -0.39 is 0 Å². The number of hydrogen-bond donors (Lipinski definition) is 0. The van der Waals surface area contributed by atoms with Gasteiger partial charge in [0.2, 0.25) is 0 Å². The number of tetrazole rings is 1. The molecule has 1 saturated heterocycles. The Morgan fingerprint density at radius 2 is 1.79 bits per heavy atom. The highest BCUT2D eigenvalue weighted by molar-refractivity contribution is 5.85. The first-order chi connectivity index (χ1) is 13.5. The summed E-state index contributed by atoms with van der Waals surface area (Å²) < 4.78 is 13.3. The summed E-state index contributed by atoms with van der Waals surface area (Å²) in [5.74, 6) is 2.91. The largest absolute Gasteiger partial charge is 0.493 e. The molecule has 0 spiro atoms. The van der Waals surface area contributed by atoms with Crippen molar-refractivity contribution in [3.63, 3.8) is 0 Å². The van der Waals surface area contributed by atoms with Crippen LogP contribution in [0.5, 0.6) is 11.5 Å². The van der Waals surface area contributed by atoms with Gasteiger partial charge in [-0.1, -0.05) is 26.0 Å². The summed E-state index contributed by atoms with van der Waals surface area (Å²) in [5.41, 5.74) is 1.03. The number of methoxy groups -OCH3 is 2. The monoisotopic (exact) mass is 424 g/mol. The predicted octanol–water partition coefficient (Wildman–Crippen LogP) is 2.50. The quantitative estimate of drug-likeness (QED) is 0.644. The number of para-hydroxylation sites is 1. The number of hydrogen-bond acceptors (Lipinski definition) is 7. The fourth-order valence-electron chi connectivity index (χ4n) is 3.65. The lowest BCUT2D eigenvalue weighted by Gasteiger charge is -2.38. The van der Waals surface area contributed by atoms with E-state index >= 15 is 0 Å². The maximum absolute atomic E-state index is 5.76. The van der Waals surface area contributed by atoms with Gasteiger partial charge in [0.25, 0.3) is 0 Å². The number of nitrogens with zero attached hydrogens (tertiary/aromatic N) is 6. The van der Waals surface area contributed by atoms with Gasteiger partial charge in [0.05, 0.1) is 14.2 Å². The van der Waals surface area contributed by atoms with Gasteiger partial charge in [-0.2, -0.15) is 0 Å². The summed E-state index contributed by atoms with van der Waals surface area (Å²) in [4.78, 5) is 4.78. The number of piperazine rings is 1. The summed E-state index contributed by atoms with van der Waals surface area (Å²) in [5, 5.41) is 12.7. The minimum atomic E-state index is -0.0825. The zero-order chi connectivity index (χ0) is 20.1. The second kappa shape index (κ2) is 10.8. The Morgan fingerprint density at radius 1 is 1.07 bits per heavy atom. The van der Waals surface area contributed by atoms with Crippen molar-refractivity contribution in [3.05, 3.63) is 29.6 Å². The number of likely N-dealkylation sites (N-methyl/N-ethyl adjacent to an activating group) is 1. The van der Waals surface area contributed by atoms with Crippen LogP contribution in [-0.2, 0) is 6.54 Å². The van der Waals surface area contributed by atoms with Gasteiger partial charge < -0.3 is 14.4 Å². The van der Waals surface area contributed by atoms with E-state index in [4.69, 9.17) is 9.47 Å². The van der Waals surface area contributed by atoms with E-state index in [1.807, 2.05) is 16.8 Å². The lowest BCUT2D eigenvalue weighted by atomic mass is 10.0. The summed E-state index contributed by atoms with van der Waals surface area (Å²) in [6.45, 7) is 9.14. The van der Waals surface area contributed by atoms with Gasteiger partial charge in [-0.05, 0) is 35.9 Å².